The van der Waals surface area contributed by atoms with E-state index in [1.165, 1.54) is 12.3 Å². The number of aromatic nitrogens is 2. The Bertz CT molecular complexity index is 849. The summed E-state index contributed by atoms with van der Waals surface area (Å²) in [5.41, 5.74) is 0.238. The lowest BCUT2D eigenvalue weighted by molar-refractivity contribution is 0.555. The van der Waals surface area contributed by atoms with Crippen molar-refractivity contribution >= 4 is 15.8 Å². The maximum atomic E-state index is 14.2. The first-order valence-electron chi connectivity index (χ1n) is 7.82. The molecule has 1 fully saturated rings. The van der Waals surface area contributed by atoms with E-state index in [9.17, 15) is 17.2 Å². The van der Waals surface area contributed by atoms with Gasteiger partial charge in [-0.1, -0.05) is 0 Å². The van der Waals surface area contributed by atoms with Crippen molar-refractivity contribution in [3.05, 3.63) is 47.7 Å². The first-order valence-corrected chi connectivity index (χ1v) is 9.32. The smallest absolute Gasteiger partial charge is 0.258 e. The highest BCUT2D eigenvalue weighted by molar-refractivity contribution is 7.90. The Labute approximate surface area is 139 Å². The molecule has 1 saturated heterocycles. The maximum Gasteiger partial charge on any atom is 0.258 e. The Morgan fingerprint density at radius 2 is 2.00 bits per heavy atom. The van der Waals surface area contributed by atoms with Gasteiger partial charge in [-0.2, -0.15) is 5.10 Å². The van der Waals surface area contributed by atoms with Crippen LogP contribution < -0.4 is 4.90 Å². The van der Waals surface area contributed by atoms with Crippen LogP contribution in [-0.2, 0) is 10.0 Å². The second-order valence-electron chi connectivity index (χ2n) is 6.14. The van der Waals surface area contributed by atoms with Gasteiger partial charge in [-0.15, -0.1) is 4.09 Å². The van der Waals surface area contributed by atoms with Crippen molar-refractivity contribution in [2.24, 2.45) is 0 Å². The fourth-order valence-electron chi connectivity index (χ4n) is 3.02. The molecule has 0 amide bonds. The Morgan fingerprint density at radius 3 is 2.71 bits per heavy atom. The predicted octanol–water partition coefficient (Wildman–Crippen LogP) is 3.09. The minimum Gasteiger partial charge on any atom is -0.349 e. The number of rotatable bonds is 4. The van der Waals surface area contributed by atoms with Crippen LogP contribution in [0.1, 0.15) is 38.3 Å². The average Bonchev–Trinajstić information content (AvgIpc) is 3.17. The normalized spacial score (nSPS) is 18.5. The summed E-state index contributed by atoms with van der Waals surface area (Å²) < 4.78 is 53.7. The fraction of sp³-hybridized carbons (Fsp3) is 0.438. The molecule has 1 aromatic carbocycles. The standard InChI is InChI=1S/C16H19F2N3O2S/c1-11(2)24(22,23)21-16(7-8-19-21)20-9-3-4-15(20)13-10-12(17)5-6-14(13)18/h5-8,10-11,15H,3-4,9H2,1-2H3. The van der Waals surface area contributed by atoms with Gasteiger partial charge in [0.15, 0.2) is 0 Å². The number of hydrogen-bond donors (Lipinski definition) is 0. The SMILES string of the molecule is CC(C)S(=O)(=O)n1nccc1N1CCCC1c1cc(F)ccc1F. The van der Waals surface area contributed by atoms with Crippen molar-refractivity contribution in [3.63, 3.8) is 0 Å². The Morgan fingerprint density at radius 1 is 1.25 bits per heavy atom. The van der Waals surface area contributed by atoms with Gasteiger partial charge in [-0.25, -0.2) is 17.2 Å². The van der Waals surface area contributed by atoms with E-state index in [4.69, 9.17) is 0 Å². The van der Waals surface area contributed by atoms with Gasteiger partial charge in [0.2, 0.25) is 0 Å². The molecular weight excluding hydrogens is 336 g/mol. The fourth-order valence-corrected chi connectivity index (χ4v) is 4.03. The lowest BCUT2D eigenvalue weighted by Crippen LogP contribution is -2.31. The van der Waals surface area contributed by atoms with E-state index < -0.39 is 32.9 Å². The molecule has 1 aromatic heterocycles. The molecule has 3 rings (SSSR count). The lowest BCUT2D eigenvalue weighted by Gasteiger charge is -2.27. The topological polar surface area (TPSA) is 55.2 Å². The molecule has 1 atom stereocenters. The van der Waals surface area contributed by atoms with E-state index in [0.29, 0.717) is 18.8 Å². The number of benzene rings is 1. The number of nitrogens with zero attached hydrogens (tertiary/aromatic N) is 3. The van der Waals surface area contributed by atoms with E-state index >= 15 is 0 Å². The Balaban J connectivity index is 2.04. The third kappa shape index (κ3) is 2.79. The molecule has 2 heterocycles. The quantitative estimate of drug-likeness (QED) is 0.846. The first kappa shape index (κ1) is 16.9. The number of hydrogen-bond acceptors (Lipinski definition) is 4. The minimum absolute atomic E-state index is 0.238. The van der Waals surface area contributed by atoms with Crippen molar-refractivity contribution < 1.29 is 17.2 Å². The summed E-state index contributed by atoms with van der Waals surface area (Å²) >= 11 is 0. The molecule has 1 aliphatic heterocycles. The zero-order valence-corrected chi connectivity index (χ0v) is 14.3. The summed E-state index contributed by atoms with van der Waals surface area (Å²) in [7, 11) is -3.63. The van der Waals surface area contributed by atoms with Crippen LogP contribution in [0.3, 0.4) is 0 Å². The van der Waals surface area contributed by atoms with E-state index in [1.54, 1.807) is 24.8 Å². The molecule has 5 nitrogen and oxygen atoms in total. The average molecular weight is 355 g/mol. The highest BCUT2D eigenvalue weighted by atomic mass is 32.2. The van der Waals surface area contributed by atoms with Crippen LogP contribution in [0.5, 0.6) is 0 Å². The minimum atomic E-state index is -3.63. The Hall–Kier alpha value is -1.96. The lowest BCUT2D eigenvalue weighted by atomic mass is 10.0. The van der Waals surface area contributed by atoms with E-state index in [-0.39, 0.29) is 5.56 Å². The van der Waals surface area contributed by atoms with Crippen LogP contribution in [-0.4, -0.2) is 29.4 Å². The molecule has 0 bridgehead atoms. The molecule has 2 aromatic rings. The van der Waals surface area contributed by atoms with Gasteiger partial charge in [0.1, 0.15) is 17.5 Å². The molecule has 0 saturated carbocycles. The predicted molar refractivity (Wildman–Crippen MR) is 87.4 cm³/mol. The van der Waals surface area contributed by atoms with Gasteiger partial charge >= 0.3 is 0 Å². The van der Waals surface area contributed by atoms with E-state index in [1.807, 2.05) is 0 Å². The summed E-state index contributed by atoms with van der Waals surface area (Å²) in [5.74, 6) is -0.623. The summed E-state index contributed by atoms with van der Waals surface area (Å²) in [4.78, 5) is 1.78. The second-order valence-corrected chi connectivity index (χ2v) is 8.46. The molecular formula is C16H19F2N3O2S. The van der Waals surface area contributed by atoms with Crippen molar-refractivity contribution in [1.82, 2.24) is 9.19 Å². The van der Waals surface area contributed by atoms with Crippen LogP contribution in [0.15, 0.2) is 30.5 Å². The van der Waals surface area contributed by atoms with Gasteiger partial charge in [-0.05, 0) is 44.9 Å². The summed E-state index contributed by atoms with van der Waals surface area (Å²) in [6.45, 7) is 3.71. The van der Waals surface area contributed by atoms with Crippen LogP contribution in [0, 0.1) is 11.6 Å². The van der Waals surface area contributed by atoms with Crippen molar-refractivity contribution in [2.75, 3.05) is 11.4 Å². The Kier molecular flexibility index (Phi) is 4.33. The highest BCUT2D eigenvalue weighted by Gasteiger charge is 2.33. The second kappa shape index (κ2) is 6.16. The molecule has 8 heteroatoms. The van der Waals surface area contributed by atoms with Gasteiger partial charge in [0.25, 0.3) is 10.0 Å². The first-order chi connectivity index (χ1) is 11.3. The van der Waals surface area contributed by atoms with Crippen molar-refractivity contribution in [1.29, 1.82) is 0 Å². The van der Waals surface area contributed by atoms with Gasteiger partial charge in [0, 0.05) is 18.2 Å². The maximum absolute atomic E-state index is 14.2. The van der Waals surface area contributed by atoms with E-state index in [2.05, 4.69) is 5.10 Å². The molecule has 0 radical (unpaired) electrons. The van der Waals surface area contributed by atoms with E-state index in [0.717, 1.165) is 22.6 Å². The number of halogens is 2. The largest absolute Gasteiger partial charge is 0.349 e. The zero-order valence-electron chi connectivity index (χ0n) is 13.5. The molecule has 24 heavy (non-hydrogen) atoms. The zero-order chi connectivity index (χ0) is 17.5. The van der Waals surface area contributed by atoms with Gasteiger partial charge in [-0.3, -0.25) is 0 Å². The summed E-state index contributed by atoms with van der Waals surface area (Å²) in [5, 5.41) is 3.31. The monoisotopic (exact) mass is 355 g/mol. The van der Waals surface area contributed by atoms with Crippen LogP contribution in [0.2, 0.25) is 0 Å². The van der Waals surface area contributed by atoms with Crippen LogP contribution in [0.25, 0.3) is 0 Å². The van der Waals surface area contributed by atoms with Gasteiger partial charge < -0.3 is 4.90 Å². The summed E-state index contributed by atoms with van der Waals surface area (Å²) in [6.07, 6.45) is 2.79. The molecule has 130 valence electrons. The molecule has 1 unspecified atom stereocenters. The summed E-state index contributed by atoms with van der Waals surface area (Å²) in [6, 6.07) is 4.53. The van der Waals surface area contributed by atoms with Crippen LogP contribution in [0.4, 0.5) is 14.6 Å². The molecule has 0 aliphatic carbocycles. The third-order valence-corrected chi connectivity index (χ3v) is 6.25. The molecule has 0 spiro atoms. The molecule has 0 N–H and O–H groups in total. The third-order valence-electron chi connectivity index (χ3n) is 4.29. The molecule has 1 aliphatic rings. The van der Waals surface area contributed by atoms with Crippen molar-refractivity contribution in [3.8, 4) is 0 Å². The van der Waals surface area contributed by atoms with Crippen LogP contribution >= 0.6 is 0 Å². The highest BCUT2D eigenvalue weighted by Crippen LogP contribution is 2.37. The van der Waals surface area contributed by atoms with Gasteiger partial charge in [0.05, 0.1) is 17.5 Å². The van der Waals surface area contributed by atoms with Crippen molar-refractivity contribution in [2.45, 2.75) is 38.0 Å². The number of anilines is 1.